The Hall–Kier alpha value is -1.40. The summed E-state index contributed by atoms with van der Waals surface area (Å²) in [5.74, 6) is 0.510. The van der Waals surface area contributed by atoms with Crippen molar-refractivity contribution in [3.05, 3.63) is 18.2 Å². The van der Waals surface area contributed by atoms with Crippen molar-refractivity contribution in [2.75, 3.05) is 26.2 Å². The van der Waals surface area contributed by atoms with Crippen LogP contribution in [0.4, 0.5) is 0 Å². The maximum absolute atomic E-state index is 12.2. The topological polar surface area (TPSA) is 73.4 Å². The smallest absolute Gasteiger partial charge is 0.289 e. The van der Waals surface area contributed by atoms with Crippen LogP contribution in [0.15, 0.2) is 12.4 Å². The lowest BCUT2D eigenvalue weighted by atomic mass is 10.1. The van der Waals surface area contributed by atoms with Crippen LogP contribution in [0.1, 0.15) is 29.9 Å². The van der Waals surface area contributed by atoms with Crippen LogP contribution in [0.25, 0.3) is 0 Å². The van der Waals surface area contributed by atoms with Gasteiger partial charge in [-0.2, -0.15) is 0 Å². The second-order valence-electron chi connectivity index (χ2n) is 4.87. The number of carbonyl (C=O) groups excluding carboxylic acids is 1. The van der Waals surface area contributed by atoms with E-state index in [-0.39, 0.29) is 12.0 Å². The zero-order chi connectivity index (χ0) is 13.7. The van der Waals surface area contributed by atoms with Crippen molar-refractivity contribution in [3.63, 3.8) is 0 Å². The van der Waals surface area contributed by atoms with Gasteiger partial charge in [-0.15, -0.1) is 0 Å². The molecule has 19 heavy (non-hydrogen) atoms. The second-order valence-corrected chi connectivity index (χ2v) is 4.87. The molecule has 1 aliphatic rings. The Morgan fingerprint density at radius 3 is 2.84 bits per heavy atom. The number of imidazole rings is 1. The summed E-state index contributed by atoms with van der Waals surface area (Å²) in [7, 11) is 1.84. The van der Waals surface area contributed by atoms with Gasteiger partial charge in [0.25, 0.3) is 5.91 Å². The molecule has 2 heterocycles. The van der Waals surface area contributed by atoms with E-state index in [0.717, 1.165) is 32.4 Å². The van der Waals surface area contributed by atoms with Gasteiger partial charge in [0.05, 0.1) is 6.10 Å². The predicted molar refractivity (Wildman–Crippen MR) is 71.8 cm³/mol. The normalized spacial score (nSPS) is 16.8. The molecule has 0 unspecified atom stereocenters. The molecule has 0 aromatic carbocycles. The fourth-order valence-electron chi connectivity index (χ4n) is 2.27. The fourth-order valence-corrected chi connectivity index (χ4v) is 2.27. The molecular formula is C13H22N4O2. The van der Waals surface area contributed by atoms with Gasteiger partial charge in [-0.1, -0.05) is 0 Å². The number of carbonyl (C=O) groups is 1. The van der Waals surface area contributed by atoms with Gasteiger partial charge in [-0.05, 0) is 25.8 Å². The van der Waals surface area contributed by atoms with E-state index >= 15 is 0 Å². The molecule has 0 bridgehead atoms. The van der Waals surface area contributed by atoms with Crippen molar-refractivity contribution in [1.82, 2.24) is 14.5 Å². The molecule has 1 amide bonds. The largest absolute Gasteiger partial charge is 0.378 e. The number of aromatic nitrogens is 2. The van der Waals surface area contributed by atoms with Crippen LogP contribution in [0.3, 0.4) is 0 Å². The van der Waals surface area contributed by atoms with Crippen molar-refractivity contribution in [2.45, 2.75) is 25.4 Å². The molecule has 1 aromatic heterocycles. The molecule has 0 atom stereocenters. The van der Waals surface area contributed by atoms with Crippen molar-refractivity contribution in [2.24, 2.45) is 12.8 Å². The van der Waals surface area contributed by atoms with Crippen molar-refractivity contribution >= 4 is 5.91 Å². The molecule has 0 saturated carbocycles. The second kappa shape index (κ2) is 6.68. The molecule has 1 saturated heterocycles. The molecule has 0 aliphatic carbocycles. The molecule has 0 radical (unpaired) electrons. The van der Waals surface area contributed by atoms with Gasteiger partial charge in [-0.3, -0.25) is 4.79 Å². The molecule has 6 heteroatoms. The molecule has 2 rings (SSSR count). The number of hydrogen-bond donors (Lipinski definition) is 1. The molecule has 6 nitrogen and oxygen atoms in total. The van der Waals surface area contributed by atoms with Crippen LogP contribution in [0, 0.1) is 0 Å². The molecular weight excluding hydrogens is 244 g/mol. The van der Waals surface area contributed by atoms with Crippen LogP contribution >= 0.6 is 0 Å². The van der Waals surface area contributed by atoms with E-state index in [2.05, 4.69) is 4.98 Å². The highest BCUT2D eigenvalue weighted by atomic mass is 16.5. The first-order valence-electron chi connectivity index (χ1n) is 6.80. The van der Waals surface area contributed by atoms with Gasteiger partial charge in [0.2, 0.25) is 0 Å². The average molecular weight is 266 g/mol. The highest BCUT2D eigenvalue weighted by Gasteiger charge is 2.25. The summed E-state index contributed by atoms with van der Waals surface area (Å²) in [6.45, 7) is 2.85. The average Bonchev–Trinajstić information content (AvgIpc) is 2.85. The summed E-state index contributed by atoms with van der Waals surface area (Å²) in [4.78, 5) is 18.2. The van der Waals surface area contributed by atoms with Gasteiger partial charge in [0, 0.05) is 39.1 Å². The van der Waals surface area contributed by atoms with Gasteiger partial charge in [-0.25, -0.2) is 4.98 Å². The summed E-state index contributed by atoms with van der Waals surface area (Å²) >= 11 is 0. The van der Waals surface area contributed by atoms with Crippen LogP contribution in [0.5, 0.6) is 0 Å². The summed E-state index contributed by atoms with van der Waals surface area (Å²) < 4.78 is 7.48. The summed E-state index contributed by atoms with van der Waals surface area (Å²) in [5, 5.41) is 0. The Bertz CT molecular complexity index is 411. The van der Waals surface area contributed by atoms with Gasteiger partial charge in [0.15, 0.2) is 5.82 Å². The zero-order valence-electron chi connectivity index (χ0n) is 11.4. The maximum atomic E-state index is 12.2. The summed E-state index contributed by atoms with van der Waals surface area (Å²) in [6, 6.07) is 0. The van der Waals surface area contributed by atoms with Crippen LogP contribution in [-0.2, 0) is 11.8 Å². The summed E-state index contributed by atoms with van der Waals surface area (Å²) in [6.07, 6.45) is 6.37. The van der Waals surface area contributed by atoms with E-state index < -0.39 is 0 Å². The Kier molecular flexibility index (Phi) is 4.93. The molecule has 1 aromatic rings. The first kappa shape index (κ1) is 14.0. The van der Waals surface area contributed by atoms with Gasteiger partial charge < -0.3 is 19.9 Å². The van der Waals surface area contributed by atoms with Gasteiger partial charge >= 0.3 is 0 Å². The lowest BCUT2D eigenvalue weighted by Gasteiger charge is -2.31. The SMILES string of the molecule is Cn1ccnc1C(=O)N1CCC(OCCCN)CC1. The number of nitrogens with zero attached hydrogens (tertiary/aromatic N) is 3. The molecule has 106 valence electrons. The molecule has 0 spiro atoms. The third kappa shape index (κ3) is 3.54. The highest BCUT2D eigenvalue weighted by Crippen LogP contribution is 2.15. The van der Waals surface area contributed by atoms with Crippen molar-refractivity contribution in [1.29, 1.82) is 0 Å². The number of amides is 1. The monoisotopic (exact) mass is 266 g/mol. The predicted octanol–water partition coefficient (Wildman–Crippen LogP) is 0.390. The fraction of sp³-hybridized carbons (Fsp3) is 0.692. The minimum absolute atomic E-state index is 0.00732. The first-order valence-corrected chi connectivity index (χ1v) is 6.80. The van der Waals surface area contributed by atoms with E-state index in [9.17, 15) is 4.79 Å². The number of ether oxygens (including phenoxy) is 1. The van der Waals surface area contributed by atoms with Crippen LogP contribution in [-0.4, -0.2) is 52.7 Å². The summed E-state index contributed by atoms with van der Waals surface area (Å²) in [5.41, 5.74) is 5.43. The minimum Gasteiger partial charge on any atom is -0.378 e. The van der Waals surface area contributed by atoms with Gasteiger partial charge in [0.1, 0.15) is 0 Å². The Morgan fingerprint density at radius 1 is 1.53 bits per heavy atom. The first-order chi connectivity index (χ1) is 9.22. The van der Waals surface area contributed by atoms with E-state index in [0.29, 0.717) is 19.0 Å². The number of hydrogen-bond acceptors (Lipinski definition) is 4. The number of likely N-dealkylation sites (tertiary alicyclic amines) is 1. The Balaban J connectivity index is 1.80. The molecule has 1 fully saturated rings. The minimum atomic E-state index is 0.00732. The third-order valence-electron chi connectivity index (χ3n) is 3.44. The molecule has 2 N–H and O–H groups in total. The van der Waals surface area contributed by atoms with Crippen LogP contribution < -0.4 is 5.73 Å². The lowest BCUT2D eigenvalue weighted by molar-refractivity contribution is 0.00803. The quantitative estimate of drug-likeness (QED) is 0.782. The van der Waals surface area contributed by atoms with E-state index in [4.69, 9.17) is 10.5 Å². The van der Waals surface area contributed by atoms with Crippen molar-refractivity contribution in [3.8, 4) is 0 Å². The standard InChI is InChI=1S/C13H22N4O2/c1-16-9-6-15-12(16)13(18)17-7-3-11(4-8-17)19-10-2-5-14/h6,9,11H,2-5,7-8,10,14H2,1H3. The lowest BCUT2D eigenvalue weighted by Crippen LogP contribution is -2.41. The van der Waals surface area contributed by atoms with E-state index in [1.165, 1.54) is 0 Å². The number of piperidine rings is 1. The number of nitrogens with two attached hydrogens (primary N) is 1. The Labute approximate surface area is 113 Å². The van der Waals surface area contributed by atoms with E-state index in [1.807, 2.05) is 11.9 Å². The Morgan fingerprint density at radius 2 is 2.26 bits per heavy atom. The third-order valence-corrected chi connectivity index (χ3v) is 3.44. The highest BCUT2D eigenvalue weighted by molar-refractivity contribution is 5.90. The number of rotatable bonds is 5. The maximum Gasteiger partial charge on any atom is 0.289 e. The zero-order valence-corrected chi connectivity index (χ0v) is 11.4. The van der Waals surface area contributed by atoms with E-state index in [1.54, 1.807) is 17.0 Å². The molecule has 1 aliphatic heterocycles. The van der Waals surface area contributed by atoms with Crippen LogP contribution in [0.2, 0.25) is 0 Å². The van der Waals surface area contributed by atoms with Crippen molar-refractivity contribution < 1.29 is 9.53 Å². The number of aryl methyl sites for hydroxylation is 1.